The standard InChI is InChI=1S/C17H26O4/c1-11(18)20-10-15(19)21-16(2,3)17-7-12-4-13(8-17)6-14(5-12)9-17/h12-14H,4-10H2,1-3H3. The third-order valence-corrected chi connectivity index (χ3v) is 6.08. The molecule has 118 valence electrons. The number of rotatable bonds is 4. The van der Waals surface area contributed by atoms with Crippen molar-refractivity contribution in [3.63, 3.8) is 0 Å². The fraction of sp³-hybridized carbons (Fsp3) is 0.882. The van der Waals surface area contributed by atoms with E-state index in [1.165, 1.54) is 45.4 Å². The van der Waals surface area contributed by atoms with Gasteiger partial charge in [0.15, 0.2) is 6.61 Å². The first-order valence-electron chi connectivity index (χ1n) is 8.15. The van der Waals surface area contributed by atoms with E-state index in [9.17, 15) is 9.59 Å². The summed E-state index contributed by atoms with van der Waals surface area (Å²) in [6.07, 6.45) is 7.68. The number of hydrogen-bond acceptors (Lipinski definition) is 4. The Labute approximate surface area is 126 Å². The number of hydrogen-bond donors (Lipinski definition) is 0. The lowest BCUT2D eigenvalue weighted by Gasteiger charge is -2.61. The minimum atomic E-state index is -0.472. The number of carbonyl (C=O) groups excluding carboxylic acids is 2. The van der Waals surface area contributed by atoms with E-state index < -0.39 is 17.5 Å². The molecule has 0 N–H and O–H groups in total. The Bertz CT molecular complexity index is 416. The number of carbonyl (C=O) groups is 2. The van der Waals surface area contributed by atoms with E-state index in [0.717, 1.165) is 17.8 Å². The Morgan fingerprint density at radius 2 is 1.52 bits per heavy atom. The zero-order valence-corrected chi connectivity index (χ0v) is 13.3. The largest absolute Gasteiger partial charge is 0.457 e. The van der Waals surface area contributed by atoms with E-state index in [1.807, 2.05) is 13.8 Å². The molecular formula is C17H26O4. The van der Waals surface area contributed by atoms with Gasteiger partial charge >= 0.3 is 11.9 Å². The lowest BCUT2D eigenvalue weighted by Crippen LogP contribution is -2.57. The van der Waals surface area contributed by atoms with Gasteiger partial charge in [-0.2, -0.15) is 0 Å². The van der Waals surface area contributed by atoms with Crippen LogP contribution in [0.4, 0.5) is 0 Å². The molecule has 4 saturated carbocycles. The Morgan fingerprint density at radius 3 is 1.95 bits per heavy atom. The van der Waals surface area contributed by atoms with Gasteiger partial charge in [-0.15, -0.1) is 0 Å². The highest BCUT2D eigenvalue weighted by Crippen LogP contribution is 2.64. The molecule has 4 rings (SSSR count). The number of ether oxygens (including phenoxy) is 2. The molecule has 0 spiro atoms. The summed E-state index contributed by atoms with van der Waals surface area (Å²) in [4.78, 5) is 22.8. The molecule has 0 atom stereocenters. The second-order valence-electron chi connectivity index (χ2n) is 7.96. The van der Waals surface area contributed by atoms with Crippen molar-refractivity contribution in [2.75, 3.05) is 6.61 Å². The predicted molar refractivity (Wildman–Crippen MR) is 77.4 cm³/mol. The van der Waals surface area contributed by atoms with Gasteiger partial charge in [0, 0.05) is 12.3 Å². The second-order valence-corrected chi connectivity index (χ2v) is 7.96. The van der Waals surface area contributed by atoms with E-state index in [-0.39, 0.29) is 12.0 Å². The lowest BCUT2D eigenvalue weighted by molar-refractivity contribution is -0.202. The summed E-state index contributed by atoms with van der Waals surface area (Å²) in [5.74, 6) is 1.60. The summed E-state index contributed by atoms with van der Waals surface area (Å²) in [6.45, 7) is 5.13. The van der Waals surface area contributed by atoms with Crippen LogP contribution in [-0.2, 0) is 19.1 Å². The average Bonchev–Trinajstić information content (AvgIpc) is 2.34. The summed E-state index contributed by atoms with van der Waals surface area (Å²) in [5, 5.41) is 0. The molecule has 0 aliphatic heterocycles. The van der Waals surface area contributed by atoms with E-state index in [2.05, 4.69) is 0 Å². The van der Waals surface area contributed by atoms with Crippen LogP contribution >= 0.6 is 0 Å². The van der Waals surface area contributed by atoms with Crippen molar-refractivity contribution < 1.29 is 19.1 Å². The van der Waals surface area contributed by atoms with Gasteiger partial charge in [-0.05, 0) is 70.1 Å². The van der Waals surface area contributed by atoms with Crippen LogP contribution in [0.3, 0.4) is 0 Å². The van der Waals surface area contributed by atoms with Crippen LogP contribution in [0, 0.1) is 23.2 Å². The zero-order chi connectivity index (χ0) is 15.3. The van der Waals surface area contributed by atoms with Gasteiger partial charge in [-0.3, -0.25) is 4.79 Å². The average molecular weight is 294 g/mol. The maximum absolute atomic E-state index is 12.0. The fourth-order valence-electron chi connectivity index (χ4n) is 5.43. The first-order chi connectivity index (χ1) is 9.80. The molecule has 4 bridgehead atoms. The van der Waals surface area contributed by atoms with E-state index in [1.54, 1.807) is 0 Å². The van der Waals surface area contributed by atoms with Gasteiger partial charge in [0.25, 0.3) is 0 Å². The maximum atomic E-state index is 12.0. The molecule has 4 aliphatic carbocycles. The van der Waals surface area contributed by atoms with Crippen molar-refractivity contribution in [2.24, 2.45) is 23.2 Å². The van der Waals surface area contributed by atoms with E-state index >= 15 is 0 Å². The second kappa shape index (κ2) is 4.99. The first kappa shape index (κ1) is 14.9. The Kier molecular flexibility index (Phi) is 3.53. The van der Waals surface area contributed by atoms with Crippen molar-refractivity contribution in [1.82, 2.24) is 0 Å². The van der Waals surface area contributed by atoms with Gasteiger partial charge in [-0.25, -0.2) is 4.79 Å². The highest BCUT2D eigenvalue weighted by atomic mass is 16.6. The summed E-state index contributed by atoms with van der Waals surface area (Å²) >= 11 is 0. The summed E-state index contributed by atoms with van der Waals surface area (Å²) in [7, 11) is 0. The summed E-state index contributed by atoms with van der Waals surface area (Å²) in [5.41, 5.74) is -0.339. The van der Waals surface area contributed by atoms with Crippen LogP contribution in [0.2, 0.25) is 0 Å². The van der Waals surface area contributed by atoms with Gasteiger partial charge in [0.1, 0.15) is 5.60 Å². The molecule has 0 aromatic rings. The van der Waals surface area contributed by atoms with Crippen LogP contribution in [0.25, 0.3) is 0 Å². The quantitative estimate of drug-likeness (QED) is 0.748. The Hall–Kier alpha value is -1.06. The van der Waals surface area contributed by atoms with Crippen LogP contribution in [0.15, 0.2) is 0 Å². The Morgan fingerprint density at radius 1 is 1.05 bits per heavy atom. The maximum Gasteiger partial charge on any atom is 0.344 e. The SMILES string of the molecule is CC(=O)OCC(=O)OC(C)(C)C12CC3CC(CC(C3)C1)C2. The fourth-order valence-corrected chi connectivity index (χ4v) is 5.43. The van der Waals surface area contributed by atoms with Gasteiger partial charge in [0.05, 0.1) is 0 Å². The predicted octanol–water partition coefficient (Wildman–Crippen LogP) is 3.09. The topological polar surface area (TPSA) is 52.6 Å². The highest BCUT2D eigenvalue weighted by Gasteiger charge is 2.58. The van der Waals surface area contributed by atoms with Crippen LogP contribution < -0.4 is 0 Å². The molecule has 0 amide bonds. The van der Waals surface area contributed by atoms with Crippen molar-refractivity contribution in [1.29, 1.82) is 0 Å². The van der Waals surface area contributed by atoms with E-state index in [4.69, 9.17) is 9.47 Å². The molecule has 0 aromatic carbocycles. The highest BCUT2D eigenvalue weighted by molar-refractivity contribution is 5.75. The van der Waals surface area contributed by atoms with Crippen molar-refractivity contribution in [2.45, 2.75) is 64.9 Å². The molecule has 4 heteroatoms. The molecule has 4 fully saturated rings. The van der Waals surface area contributed by atoms with Crippen LogP contribution in [-0.4, -0.2) is 24.1 Å². The molecular weight excluding hydrogens is 268 g/mol. The van der Waals surface area contributed by atoms with Gasteiger partial charge < -0.3 is 9.47 Å². The van der Waals surface area contributed by atoms with Crippen molar-refractivity contribution in [3.8, 4) is 0 Å². The normalized spacial score (nSPS) is 37.4. The first-order valence-corrected chi connectivity index (χ1v) is 8.15. The van der Waals surface area contributed by atoms with Crippen molar-refractivity contribution in [3.05, 3.63) is 0 Å². The molecule has 0 heterocycles. The minimum Gasteiger partial charge on any atom is -0.457 e. The monoisotopic (exact) mass is 294 g/mol. The van der Waals surface area contributed by atoms with E-state index in [0.29, 0.717) is 0 Å². The lowest BCUT2D eigenvalue weighted by atomic mass is 9.46. The molecule has 4 nitrogen and oxygen atoms in total. The third-order valence-electron chi connectivity index (χ3n) is 6.08. The van der Waals surface area contributed by atoms with Crippen molar-refractivity contribution >= 4 is 11.9 Å². The smallest absolute Gasteiger partial charge is 0.344 e. The number of esters is 2. The molecule has 4 aliphatic rings. The van der Waals surface area contributed by atoms with Gasteiger partial charge in [-0.1, -0.05) is 0 Å². The summed E-state index contributed by atoms with van der Waals surface area (Å²) < 4.78 is 10.5. The molecule has 0 saturated heterocycles. The molecule has 0 radical (unpaired) electrons. The van der Waals surface area contributed by atoms with Gasteiger partial charge in [0.2, 0.25) is 0 Å². The molecule has 0 unspecified atom stereocenters. The zero-order valence-electron chi connectivity index (χ0n) is 13.3. The van der Waals surface area contributed by atoms with Crippen LogP contribution in [0.5, 0.6) is 0 Å². The van der Waals surface area contributed by atoms with Crippen LogP contribution in [0.1, 0.15) is 59.3 Å². The molecule has 21 heavy (non-hydrogen) atoms. The molecule has 0 aromatic heterocycles. The third kappa shape index (κ3) is 2.69. The Balaban J connectivity index is 1.69. The summed E-state index contributed by atoms with van der Waals surface area (Å²) in [6, 6.07) is 0. The minimum absolute atomic E-state index is 0.133.